The van der Waals surface area contributed by atoms with Crippen molar-refractivity contribution >= 4 is 26.9 Å². The maximum absolute atomic E-state index is 5.52. The quantitative estimate of drug-likeness (QED) is 0.260. The van der Waals surface area contributed by atoms with Crippen molar-refractivity contribution in [2.75, 3.05) is 20.3 Å². The molecule has 46 heavy (non-hydrogen) atoms. The van der Waals surface area contributed by atoms with Crippen molar-refractivity contribution in [3.63, 3.8) is 0 Å². The smallest absolute Gasteiger partial charge is 0.383 e. The number of hydrazine groups is 1. The number of hydrogen-bond acceptors (Lipinski definition) is 3. The molecule has 7 heteroatoms. The Balaban J connectivity index is 0.000000484. The average molecular weight is 707 g/mol. The summed E-state index contributed by atoms with van der Waals surface area (Å²) in [6.45, 7) is 1.81. The van der Waals surface area contributed by atoms with Crippen LogP contribution in [0.2, 0.25) is 0 Å². The first kappa shape index (κ1) is 42.0. The standard InChI is InChI=1S/C29H31N2OP.2C5H5.B.2Fe/c1-32-22-24-14-11-21-31(24)30-29(23-12-8-9-13-23)27-19-10-20-28(27)33(25-15-4-2-5-16-25)26-17-6-3-7-18-26;2*1-2-4-5-3-1;;;/h2-10,12-13,15-20,24,29-30H,11,14,21-22H2,1H3;2*1-5H;;;/q;;;;2*+2/t24-,29-;;;;;/m0...../s1. The van der Waals surface area contributed by atoms with E-state index in [0.717, 1.165) is 13.2 Å². The van der Waals surface area contributed by atoms with E-state index in [1.165, 1.54) is 40.9 Å². The van der Waals surface area contributed by atoms with E-state index in [1.807, 2.05) is 64.2 Å². The number of rotatable bonds is 9. The zero-order valence-corrected chi connectivity index (χ0v) is 29.3. The van der Waals surface area contributed by atoms with Crippen molar-refractivity contribution in [2.24, 2.45) is 0 Å². The van der Waals surface area contributed by atoms with Gasteiger partial charge in [0.25, 0.3) is 0 Å². The maximum Gasteiger partial charge on any atom is 2.00 e. The minimum Gasteiger partial charge on any atom is -0.383 e. The van der Waals surface area contributed by atoms with E-state index < -0.39 is 7.92 Å². The molecule has 1 aliphatic heterocycles. The van der Waals surface area contributed by atoms with Crippen LogP contribution in [-0.4, -0.2) is 45.8 Å². The first-order valence-corrected chi connectivity index (χ1v) is 16.4. The molecule has 2 atom stereocenters. The van der Waals surface area contributed by atoms with E-state index >= 15 is 0 Å². The number of benzene rings is 2. The molecule has 1 saturated heterocycles. The molecule has 1 heterocycles. The Bertz CT molecular complexity index is 943. The molecule has 0 spiro atoms. The molecule has 3 nitrogen and oxygen atoms in total. The van der Waals surface area contributed by atoms with E-state index in [2.05, 4.69) is 116 Å². The number of nitrogens with zero attached hydrogens (tertiary/aromatic N) is 1. The van der Waals surface area contributed by atoms with Crippen LogP contribution in [0.1, 0.15) is 12.8 Å². The molecule has 1 N–H and O–H groups in total. The molecule has 0 unspecified atom stereocenters. The molecule has 7 rings (SSSR count). The normalized spacial score (nSPS) is 22.6. The molecule has 233 valence electrons. The largest absolute Gasteiger partial charge is 2.00 e. The van der Waals surface area contributed by atoms with Crippen LogP contribution in [-0.2, 0) is 38.9 Å². The molecule has 5 fully saturated rings. The second kappa shape index (κ2) is 24.1. The van der Waals surface area contributed by atoms with Gasteiger partial charge in [-0.3, -0.25) is 5.43 Å². The Morgan fingerprint density at radius 2 is 1.20 bits per heavy atom. The number of nitrogens with one attached hydrogen (secondary N) is 1. The zero-order chi connectivity index (χ0) is 29.5. The van der Waals surface area contributed by atoms with Gasteiger partial charge in [-0.1, -0.05) is 60.7 Å². The van der Waals surface area contributed by atoms with E-state index in [4.69, 9.17) is 4.74 Å². The van der Waals surface area contributed by atoms with E-state index in [9.17, 15) is 0 Å². The van der Waals surface area contributed by atoms with E-state index in [-0.39, 0.29) is 48.6 Å². The molecule has 2 aromatic rings. The fourth-order valence-electron chi connectivity index (χ4n) is 5.54. The Labute approximate surface area is 307 Å². The SMILES string of the molecule is COC[C@@H]1CCCN1N[C@@H]([C]1[CH][CH][CH][CH]1)[C]1[CH][CH][CH][C]1P(c1ccccc1)c1ccccc1.[B].[CH]1[CH][CH][CH][CH]1.[CH]1[CH][CH][CH][CH]1.[Fe+2].[Fe+2]. The van der Waals surface area contributed by atoms with Crippen LogP contribution in [0.4, 0.5) is 0 Å². The molecule has 2 aromatic carbocycles. The van der Waals surface area contributed by atoms with Gasteiger partial charge < -0.3 is 4.74 Å². The van der Waals surface area contributed by atoms with Crippen molar-refractivity contribution in [1.82, 2.24) is 10.4 Å². The van der Waals surface area contributed by atoms with Gasteiger partial charge in [-0.15, -0.1) is 0 Å². The van der Waals surface area contributed by atoms with Crippen LogP contribution in [0, 0.1) is 127 Å². The predicted molar refractivity (Wildman–Crippen MR) is 186 cm³/mol. The second-order valence-corrected chi connectivity index (χ2v) is 12.7. The minimum absolute atomic E-state index is 0. The summed E-state index contributed by atoms with van der Waals surface area (Å²) in [5.74, 6) is 2.67. The molecule has 4 aliphatic carbocycles. The third-order valence-electron chi connectivity index (χ3n) is 7.57. The van der Waals surface area contributed by atoms with Gasteiger partial charge in [-0.05, 0) is 141 Å². The third-order valence-corrected chi connectivity index (χ3v) is 10.1. The summed E-state index contributed by atoms with van der Waals surface area (Å²) in [7, 11) is 1.14. The first-order chi connectivity index (χ1) is 21.3. The molecule has 0 amide bonds. The predicted octanol–water partition coefficient (Wildman–Crippen LogP) is 5.90. The molecule has 5 aliphatic rings. The number of methoxy groups -OCH3 is 1. The summed E-state index contributed by atoms with van der Waals surface area (Å²) in [6.07, 6.45) is 38.0. The molecule has 0 bridgehead atoms. The Kier molecular flexibility index (Phi) is 22.0. The van der Waals surface area contributed by atoms with Crippen LogP contribution in [0.15, 0.2) is 60.7 Å². The van der Waals surface area contributed by atoms with Gasteiger partial charge in [0.2, 0.25) is 0 Å². The summed E-state index contributed by atoms with van der Waals surface area (Å²) in [4.78, 5) is 0. The molecule has 0 aromatic heterocycles. The van der Waals surface area contributed by atoms with Gasteiger partial charge in [0.15, 0.2) is 0 Å². The molecular formula is C39H41BFe2N2OP+4. The van der Waals surface area contributed by atoms with Gasteiger partial charge >= 0.3 is 34.1 Å². The van der Waals surface area contributed by atoms with Crippen LogP contribution in [0.5, 0.6) is 0 Å². The van der Waals surface area contributed by atoms with E-state index in [0.29, 0.717) is 6.04 Å². The Hall–Kier alpha value is -0.146. The molecular weight excluding hydrogens is 666 g/mol. The Morgan fingerprint density at radius 3 is 1.67 bits per heavy atom. The van der Waals surface area contributed by atoms with Gasteiger partial charge in [0.1, 0.15) is 0 Å². The average Bonchev–Trinajstić information content (AvgIpc) is 3.90. The van der Waals surface area contributed by atoms with Crippen LogP contribution < -0.4 is 16.0 Å². The molecule has 23 radical (unpaired) electrons. The molecule has 4 saturated carbocycles. The topological polar surface area (TPSA) is 24.5 Å². The number of ether oxygens (including phenoxy) is 1. The summed E-state index contributed by atoms with van der Waals surface area (Å²) in [5, 5.41) is 5.17. The van der Waals surface area contributed by atoms with Crippen molar-refractivity contribution in [1.29, 1.82) is 0 Å². The van der Waals surface area contributed by atoms with Crippen LogP contribution in [0.25, 0.3) is 0 Å². The van der Waals surface area contributed by atoms with Crippen LogP contribution >= 0.6 is 7.92 Å². The van der Waals surface area contributed by atoms with Crippen molar-refractivity contribution in [2.45, 2.75) is 24.9 Å². The van der Waals surface area contributed by atoms with Crippen molar-refractivity contribution in [3.8, 4) is 0 Å². The van der Waals surface area contributed by atoms with Crippen LogP contribution in [0.3, 0.4) is 0 Å². The van der Waals surface area contributed by atoms with Crippen molar-refractivity contribution < 1.29 is 38.9 Å². The maximum atomic E-state index is 5.52. The van der Waals surface area contributed by atoms with E-state index in [1.54, 1.807) is 7.11 Å². The van der Waals surface area contributed by atoms with Gasteiger partial charge in [0.05, 0.1) is 6.61 Å². The fraction of sp³-hybridized carbons (Fsp3) is 0.179. The first-order valence-electron chi connectivity index (χ1n) is 15.1. The number of hydrogen-bond donors (Lipinski definition) is 1. The third kappa shape index (κ3) is 12.6. The van der Waals surface area contributed by atoms with Gasteiger partial charge in [-0.2, -0.15) is 0 Å². The fourth-order valence-corrected chi connectivity index (χ4v) is 8.03. The summed E-state index contributed by atoms with van der Waals surface area (Å²) >= 11 is 0. The van der Waals surface area contributed by atoms with Gasteiger partial charge in [0, 0.05) is 51.6 Å². The summed E-state index contributed by atoms with van der Waals surface area (Å²) in [5.41, 5.74) is 5.34. The summed E-state index contributed by atoms with van der Waals surface area (Å²) in [6, 6.07) is 22.4. The minimum atomic E-state index is -0.657. The zero-order valence-electron chi connectivity index (χ0n) is 26.2. The van der Waals surface area contributed by atoms with Gasteiger partial charge in [-0.25, -0.2) is 5.01 Å². The Morgan fingerprint density at radius 1 is 0.696 bits per heavy atom. The summed E-state index contributed by atoms with van der Waals surface area (Å²) < 4.78 is 5.52. The monoisotopic (exact) mass is 707 g/mol. The van der Waals surface area contributed by atoms with Crippen molar-refractivity contribution in [3.05, 3.63) is 187 Å². The second-order valence-electron chi connectivity index (χ2n) is 10.5.